The van der Waals surface area contributed by atoms with E-state index < -0.39 is 5.60 Å². The van der Waals surface area contributed by atoms with Gasteiger partial charge in [0.25, 0.3) is 5.91 Å². The van der Waals surface area contributed by atoms with E-state index in [1.165, 1.54) is 0 Å². The van der Waals surface area contributed by atoms with Gasteiger partial charge in [-0.15, -0.1) is 0 Å². The predicted octanol–water partition coefficient (Wildman–Crippen LogP) is 0.552. The molecule has 8 nitrogen and oxygen atoms in total. The Labute approximate surface area is 142 Å². The minimum atomic E-state index is -0.491. The van der Waals surface area contributed by atoms with E-state index in [0.717, 1.165) is 12.8 Å². The Kier molecular flexibility index (Phi) is 4.33. The Morgan fingerprint density at radius 2 is 1.96 bits per heavy atom. The molecule has 1 N–H and O–H groups in total. The number of piperidine rings is 1. The number of amides is 2. The van der Waals surface area contributed by atoms with Crippen LogP contribution in [0.3, 0.4) is 0 Å². The van der Waals surface area contributed by atoms with E-state index in [1.54, 1.807) is 16.0 Å². The van der Waals surface area contributed by atoms with Crippen LogP contribution in [-0.2, 0) is 9.53 Å². The summed E-state index contributed by atoms with van der Waals surface area (Å²) in [5, 5.41) is 9.16. The number of likely N-dealkylation sites (tertiary alicyclic amines) is 1. The number of carbonyl (C=O) groups excluding carboxylic acids is 2. The van der Waals surface area contributed by atoms with Crippen molar-refractivity contribution in [2.75, 3.05) is 33.2 Å². The molecule has 134 valence electrons. The molecule has 0 radical (unpaired) electrons. The smallest absolute Gasteiger partial charge is 0.410 e. The van der Waals surface area contributed by atoms with Gasteiger partial charge in [-0.3, -0.25) is 4.79 Å². The maximum Gasteiger partial charge on any atom is 0.410 e. The van der Waals surface area contributed by atoms with Crippen LogP contribution in [0.2, 0.25) is 0 Å². The van der Waals surface area contributed by atoms with Crippen molar-refractivity contribution in [3.63, 3.8) is 0 Å². The fourth-order valence-corrected chi connectivity index (χ4v) is 3.35. The molecule has 24 heavy (non-hydrogen) atoms. The van der Waals surface area contributed by atoms with Gasteiger partial charge in [-0.05, 0) is 33.6 Å². The molecule has 0 spiro atoms. The van der Waals surface area contributed by atoms with E-state index in [0.29, 0.717) is 32.1 Å². The third-order valence-electron chi connectivity index (χ3n) is 4.54. The van der Waals surface area contributed by atoms with E-state index in [1.807, 2.05) is 30.6 Å². The van der Waals surface area contributed by atoms with Crippen LogP contribution in [0.5, 0.6) is 0 Å². The van der Waals surface area contributed by atoms with Gasteiger partial charge in [0.05, 0.1) is 13.3 Å². The Balaban J connectivity index is 1.55. The first-order valence-electron chi connectivity index (χ1n) is 8.39. The minimum absolute atomic E-state index is 0.0154. The third-order valence-corrected chi connectivity index (χ3v) is 4.54. The molecule has 0 saturated carbocycles. The summed E-state index contributed by atoms with van der Waals surface area (Å²) >= 11 is 0. The monoisotopic (exact) mass is 338 g/mol. The first-order chi connectivity index (χ1) is 11.3. The number of aliphatic hydroxyl groups excluding tert-OH is 1. The summed E-state index contributed by atoms with van der Waals surface area (Å²) in [6.45, 7) is 7.80. The number of ether oxygens (including phenoxy) is 1. The highest BCUT2D eigenvalue weighted by Crippen LogP contribution is 2.29. The standard InChI is InChI=1S/C16H26N4O4/c1-16(2,3)24-15(23)18-6-4-12(5-7-18)20-10-19-9-17(11-21)8-13(19)14(20)22/h8,12,21H,4-7,9-11H2,1-3H3. The molecule has 2 amide bonds. The summed E-state index contributed by atoms with van der Waals surface area (Å²) in [7, 11) is 0. The van der Waals surface area contributed by atoms with Crippen LogP contribution >= 0.6 is 0 Å². The maximum atomic E-state index is 12.6. The van der Waals surface area contributed by atoms with Crippen molar-refractivity contribution in [2.24, 2.45) is 0 Å². The molecule has 2 saturated heterocycles. The number of carbonyl (C=O) groups is 2. The largest absolute Gasteiger partial charge is 0.444 e. The zero-order valence-electron chi connectivity index (χ0n) is 14.6. The predicted molar refractivity (Wildman–Crippen MR) is 86.3 cm³/mol. The second kappa shape index (κ2) is 6.16. The first-order valence-corrected chi connectivity index (χ1v) is 8.39. The summed E-state index contributed by atoms with van der Waals surface area (Å²) in [6.07, 6.45) is 2.96. The summed E-state index contributed by atoms with van der Waals surface area (Å²) in [6, 6.07) is 0.144. The quantitative estimate of drug-likeness (QED) is 0.792. The van der Waals surface area contributed by atoms with Crippen molar-refractivity contribution in [2.45, 2.75) is 45.3 Å². The number of rotatable bonds is 2. The molecule has 0 atom stereocenters. The van der Waals surface area contributed by atoms with Crippen LogP contribution in [0.15, 0.2) is 11.9 Å². The van der Waals surface area contributed by atoms with Gasteiger partial charge < -0.3 is 29.4 Å². The van der Waals surface area contributed by atoms with Crippen molar-refractivity contribution in [3.8, 4) is 0 Å². The summed E-state index contributed by atoms with van der Waals surface area (Å²) in [5.74, 6) is 0.0154. The van der Waals surface area contributed by atoms with Crippen LogP contribution < -0.4 is 0 Å². The molecule has 3 aliphatic rings. The average molecular weight is 338 g/mol. The Morgan fingerprint density at radius 1 is 1.29 bits per heavy atom. The number of fused-ring (bicyclic) bond motifs is 1. The SMILES string of the molecule is CC(C)(C)OC(=O)N1CCC(N2CN3CN(CO)C=C3C2=O)CC1. The average Bonchev–Trinajstić information content (AvgIpc) is 3.05. The molecule has 0 bridgehead atoms. The summed E-state index contributed by atoms with van der Waals surface area (Å²) in [4.78, 5) is 31.9. The molecule has 8 heteroatoms. The van der Waals surface area contributed by atoms with Crippen LogP contribution in [0.25, 0.3) is 0 Å². The van der Waals surface area contributed by atoms with Gasteiger partial charge in [-0.25, -0.2) is 4.79 Å². The van der Waals surface area contributed by atoms with Crippen molar-refractivity contribution in [3.05, 3.63) is 11.9 Å². The second-order valence-electron chi connectivity index (χ2n) is 7.54. The minimum Gasteiger partial charge on any atom is -0.444 e. The maximum absolute atomic E-state index is 12.6. The van der Waals surface area contributed by atoms with Gasteiger partial charge in [0.2, 0.25) is 0 Å². The van der Waals surface area contributed by atoms with Gasteiger partial charge in [0, 0.05) is 25.3 Å². The normalized spacial score (nSPS) is 22.2. The second-order valence-corrected chi connectivity index (χ2v) is 7.54. The topological polar surface area (TPSA) is 76.6 Å². The number of hydrogen-bond acceptors (Lipinski definition) is 6. The molecule has 0 unspecified atom stereocenters. The lowest BCUT2D eigenvalue weighted by atomic mass is 10.0. The molecule has 3 aliphatic heterocycles. The van der Waals surface area contributed by atoms with E-state index in [2.05, 4.69) is 0 Å². The van der Waals surface area contributed by atoms with E-state index in [9.17, 15) is 9.59 Å². The highest BCUT2D eigenvalue weighted by Gasteiger charge is 2.41. The third kappa shape index (κ3) is 3.28. The molecule has 3 heterocycles. The van der Waals surface area contributed by atoms with Crippen molar-refractivity contribution >= 4 is 12.0 Å². The zero-order valence-corrected chi connectivity index (χ0v) is 14.6. The van der Waals surface area contributed by atoms with Gasteiger partial charge in [0.1, 0.15) is 18.0 Å². The van der Waals surface area contributed by atoms with Gasteiger partial charge in [0.15, 0.2) is 0 Å². The first kappa shape index (κ1) is 16.9. The van der Waals surface area contributed by atoms with Gasteiger partial charge in [-0.2, -0.15) is 0 Å². The van der Waals surface area contributed by atoms with Crippen LogP contribution in [0, 0.1) is 0 Å². The summed E-state index contributed by atoms with van der Waals surface area (Å²) < 4.78 is 5.40. The van der Waals surface area contributed by atoms with Gasteiger partial charge in [-0.1, -0.05) is 0 Å². The zero-order chi connectivity index (χ0) is 17.5. The summed E-state index contributed by atoms with van der Waals surface area (Å²) in [5.41, 5.74) is 0.160. The lowest BCUT2D eigenvalue weighted by Gasteiger charge is -2.37. The number of hydrogen-bond donors (Lipinski definition) is 1. The highest BCUT2D eigenvalue weighted by molar-refractivity contribution is 5.95. The van der Waals surface area contributed by atoms with Crippen molar-refractivity contribution in [1.29, 1.82) is 0 Å². The van der Waals surface area contributed by atoms with Crippen LogP contribution in [0.4, 0.5) is 4.79 Å². The lowest BCUT2D eigenvalue weighted by Crippen LogP contribution is -2.49. The molecule has 0 aromatic rings. The van der Waals surface area contributed by atoms with E-state index >= 15 is 0 Å². The number of nitrogens with zero attached hydrogens (tertiary/aromatic N) is 4. The van der Waals surface area contributed by atoms with Gasteiger partial charge >= 0.3 is 6.09 Å². The Hall–Kier alpha value is -1.96. The number of aliphatic hydroxyl groups is 1. The molecule has 0 aliphatic carbocycles. The van der Waals surface area contributed by atoms with Crippen molar-refractivity contribution < 1.29 is 19.4 Å². The molecule has 2 fully saturated rings. The van der Waals surface area contributed by atoms with Crippen LogP contribution in [-0.4, -0.2) is 81.5 Å². The van der Waals surface area contributed by atoms with E-state index in [-0.39, 0.29) is 24.8 Å². The Morgan fingerprint density at radius 3 is 2.50 bits per heavy atom. The molecule has 3 rings (SSSR count). The van der Waals surface area contributed by atoms with E-state index in [4.69, 9.17) is 9.84 Å². The molecular formula is C16H26N4O4. The van der Waals surface area contributed by atoms with Crippen molar-refractivity contribution in [1.82, 2.24) is 19.6 Å². The molecule has 0 aromatic heterocycles. The molecular weight excluding hydrogens is 312 g/mol. The lowest BCUT2D eigenvalue weighted by molar-refractivity contribution is -0.127. The Bertz CT molecular complexity index is 549. The molecule has 0 aromatic carbocycles. The highest BCUT2D eigenvalue weighted by atomic mass is 16.6. The van der Waals surface area contributed by atoms with Crippen LogP contribution in [0.1, 0.15) is 33.6 Å². The fourth-order valence-electron chi connectivity index (χ4n) is 3.35. The fraction of sp³-hybridized carbons (Fsp3) is 0.750.